The molecule has 0 spiro atoms. The standard InChI is InChI=1S/C9H15N3OS/c10-3-7(13)4-12-2-1-8-9(5-12)14-6-11-8/h6-7,13H,1-5,10H2. The second kappa shape index (κ2) is 4.35. The van der Waals surface area contributed by atoms with E-state index < -0.39 is 6.10 Å². The van der Waals surface area contributed by atoms with Crippen LogP contribution in [0, 0.1) is 0 Å². The maximum Gasteiger partial charge on any atom is 0.0798 e. The fraction of sp³-hybridized carbons (Fsp3) is 0.667. The molecule has 0 bridgehead atoms. The molecule has 0 saturated heterocycles. The summed E-state index contributed by atoms with van der Waals surface area (Å²) in [6.07, 6.45) is 0.598. The fourth-order valence-corrected chi connectivity index (χ4v) is 2.56. The van der Waals surface area contributed by atoms with Crippen molar-refractivity contribution in [1.82, 2.24) is 9.88 Å². The van der Waals surface area contributed by atoms with Crippen molar-refractivity contribution in [2.45, 2.75) is 19.1 Å². The molecule has 0 aliphatic carbocycles. The van der Waals surface area contributed by atoms with Crippen LogP contribution in [0.1, 0.15) is 10.6 Å². The summed E-state index contributed by atoms with van der Waals surface area (Å²) in [5.74, 6) is 0. The van der Waals surface area contributed by atoms with Crippen LogP contribution in [0.25, 0.3) is 0 Å². The molecule has 1 aromatic heterocycles. The van der Waals surface area contributed by atoms with Crippen molar-refractivity contribution in [1.29, 1.82) is 0 Å². The molecule has 78 valence electrons. The molecule has 2 rings (SSSR count). The second-order valence-electron chi connectivity index (χ2n) is 3.60. The third-order valence-electron chi connectivity index (χ3n) is 2.50. The number of thiazole rings is 1. The molecule has 1 aliphatic rings. The van der Waals surface area contributed by atoms with Crippen molar-refractivity contribution >= 4 is 11.3 Å². The van der Waals surface area contributed by atoms with E-state index in [0.717, 1.165) is 19.5 Å². The zero-order valence-electron chi connectivity index (χ0n) is 8.02. The lowest BCUT2D eigenvalue weighted by Crippen LogP contribution is -2.39. The molecule has 4 nitrogen and oxygen atoms in total. The van der Waals surface area contributed by atoms with Gasteiger partial charge in [-0.05, 0) is 0 Å². The molecule has 3 N–H and O–H groups in total. The highest BCUT2D eigenvalue weighted by Gasteiger charge is 2.19. The van der Waals surface area contributed by atoms with E-state index in [4.69, 9.17) is 5.73 Å². The highest BCUT2D eigenvalue weighted by molar-refractivity contribution is 7.09. The molecule has 0 saturated carbocycles. The molecule has 1 aliphatic heterocycles. The number of β-amino-alcohol motifs (C(OH)–C–C–N with tert-alkyl or cyclic N) is 1. The number of aliphatic hydroxyl groups is 1. The average molecular weight is 213 g/mol. The lowest BCUT2D eigenvalue weighted by Gasteiger charge is -2.27. The van der Waals surface area contributed by atoms with Crippen LogP contribution in [0.15, 0.2) is 5.51 Å². The van der Waals surface area contributed by atoms with Gasteiger partial charge in [-0.15, -0.1) is 11.3 Å². The Kier molecular flexibility index (Phi) is 3.12. The SMILES string of the molecule is NCC(O)CN1CCc2ncsc2C1. The van der Waals surface area contributed by atoms with Gasteiger partial charge < -0.3 is 10.8 Å². The van der Waals surface area contributed by atoms with Gasteiger partial charge in [0.25, 0.3) is 0 Å². The second-order valence-corrected chi connectivity index (χ2v) is 4.54. The maximum atomic E-state index is 9.43. The van der Waals surface area contributed by atoms with Gasteiger partial charge in [0.15, 0.2) is 0 Å². The molecule has 5 heteroatoms. The maximum absolute atomic E-state index is 9.43. The largest absolute Gasteiger partial charge is 0.390 e. The van der Waals surface area contributed by atoms with E-state index in [0.29, 0.717) is 13.1 Å². The number of aromatic nitrogens is 1. The van der Waals surface area contributed by atoms with E-state index >= 15 is 0 Å². The minimum absolute atomic E-state index is 0.339. The number of rotatable bonds is 3. The minimum Gasteiger partial charge on any atom is -0.390 e. The number of nitrogens with two attached hydrogens (primary N) is 1. The summed E-state index contributed by atoms with van der Waals surface area (Å²) in [5.41, 5.74) is 8.50. The third kappa shape index (κ3) is 2.12. The molecule has 14 heavy (non-hydrogen) atoms. The van der Waals surface area contributed by atoms with Gasteiger partial charge >= 0.3 is 0 Å². The van der Waals surface area contributed by atoms with Gasteiger partial charge in [-0.3, -0.25) is 4.90 Å². The van der Waals surface area contributed by atoms with Gasteiger partial charge in [-0.2, -0.15) is 0 Å². The van der Waals surface area contributed by atoms with Crippen LogP contribution in [0.2, 0.25) is 0 Å². The Labute approximate surface area is 87.4 Å². The first-order chi connectivity index (χ1) is 6.79. The van der Waals surface area contributed by atoms with E-state index in [9.17, 15) is 5.11 Å². The number of nitrogens with zero attached hydrogens (tertiary/aromatic N) is 2. The summed E-state index contributed by atoms with van der Waals surface area (Å²) in [4.78, 5) is 7.86. The Balaban J connectivity index is 1.94. The van der Waals surface area contributed by atoms with Crippen LogP contribution in [0.3, 0.4) is 0 Å². The van der Waals surface area contributed by atoms with Gasteiger partial charge in [-0.25, -0.2) is 4.98 Å². The minimum atomic E-state index is -0.399. The molecule has 0 aromatic carbocycles. The Bertz CT molecular complexity index is 302. The van der Waals surface area contributed by atoms with E-state index in [1.165, 1.54) is 10.6 Å². The summed E-state index contributed by atoms with van der Waals surface area (Å²) >= 11 is 1.70. The Hall–Kier alpha value is -0.490. The van der Waals surface area contributed by atoms with Gasteiger partial charge in [0.05, 0.1) is 17.3 Å². The lowest BCUT2D eigenvalue weighted by molar-refractivity contribution is 0.112. The Morgan fingerprint density at radius 1 is 1.71 bits per heavy atom. The zero-order valence-corrected chi connectivity index (χ0v) is 8.83. The molecule has 0 amide bonds. The first-order valence-corrected chi connectivity index (χ1v) is 5.69. The van der Waals surface area contributed by atoms with Crippen LogP contribution in [-0.2, 0) is 13.0 Å². The van der Waals surface area contributed by atoms with Crippen molar-refractivity contribution in [3.05, 3.63) is 16.1 Å². The van der Waals surface area contributed by atoms with Crippen molar-refractivity contribution in [3.63, 3.8) is 0 Å². The van der Waals surface area contributed by atoms with Crippen LogP contribution in [0.4, 0.5) is 0 Å². The first-order valence-electron chi connectivity index (χ1n) is 4.81. The summed E-state index contributed by atoms with van der Waals surface area (Å²) in [6, 6.07) is 0. The van der Waals surface area contributed by atoms with Gasteiger partial charge in [0, 0.05) is 37.5 Å². The number of aliphatic hydroxyl groups excluding tert-OH is 1. The van der Waals surface area contributed by atoms with E-state index in [2.05, 4.69) is 9.88 Å². The molecule has 1 unspecified atom stereocenters. The van der Waals surface area contributed by atoms with E-state index in [1.54, 1.807) is 11.3 Å². The van der Waals surface area contributed by atoms with Crippen LogP contribution < -0.4 is 5.73 Å². The quantitative estimate of drug-likeness (QED) is 0.731. The fourth-order valence-electron chi connectivity index (χ4n) is 1.70. The van der Waals surface area contributed by atoms with E-state index in [1.807, 2.05) is 5.51 Å². The van der Waals surface area contributed by atoms with Crippen LogP contribution >= 0.6 is 11.3 Å². The summed E-state index contributed by atoms with van der Waals surface area (Å²) < 4.78 is 0. The molecule has 0 radical (unpaired) electrons. The highest BCUT2D eigenvalue weighted by Crippen LogP contribution is 2.21. The predicted octanol–water partition coefficient (Wildman–Crippen LogP) is -0.179. The number of hydrogen-bond donors (Lipinski definition) is 2. The molecule has 1 aromatic rings. The molecule has 1 atom stereocenters. The summed E-state index contributed by atoms with van der Waals surface area (Å²) in [5, 5.41) is 9.43. The normalized spacial score (nSPS) is 19.3. The third-order valence-corrected chi connectivity index (χ3v) is 3.36. The predicted molar refractivity (Wildman–Crippen MR) is 56.2 cm³/mol. The molecule has 2 heterocycles. The first kappa shape index (κ1) is 10.0. The van der Waals surface area contributed by atoms with Crippen molar-refractivity contribution in [2.24, 2.45) is 5.73 Å². The van der Waals surface area contributed by atoms with Gasteiger partial charge in [-0.1, -0.05) is 0 Å². The van der Waals surface area contributed by atoms with Crippen LogP contribution in [-0.4, -0.2) is 40.7 Å². The Morgan fingerprint density at radius 2 is 2.57 bits per heavy atom. The highest BCUT2D eigenvalue weighted by atomic mass is 32.1. The Morgan fingerprint density at radius 3 is 3.36 bits per heavy atom. The van der Waals surface area contributed by atoms with Gasteiger partial charge in [0.1, 0.15) is 0 Å². The summed E-state index contributed by atoms with van der Waals surface area (Å²) in [7, 11) is 0. The monoisotopic (exact) mass is 213 g/mol. The number of hydrogen-bond acceptors (Lipinski definition) is 5. The molecular formula is C9H15N3OS. The van der Waals surface area contributed by atoms with Crippen LogP contribution in [0.5, 0.6) is 0 Å². The van der Waals surface area contributed by atoms with Crippen molar-refractivity contribution < 1.29 is 5.11 Å². The average Bonchev–Trinajstić information content (AvgIpc) is 2.64. The zero-order chi connectivity index (χ0) is 9.97. The molecular weight excluding hydrogens is 198 g/mol. The van der Waals surface area contributed by atoms with Gasteiger partial charge in [0.2, 0.25) is 0 Å². The lowest BCUT2D eigenvalue weighted by atomic mass is 10.1. The summed E-state index contributed by atoms with van der Waals surface area (Å²) in [6.45, 7) is 2.91. The molecule has 0 fully saturated rings. The smallest absolute Gasteiger partial charge is 0.0798 e. The van der Waals surface area contributed by atoms with Crippen molar-refractivity contribution in [3.8, 4) is 0 Å². The van der Waals surface area contributed by atoms with E-state index in [-0.39, 0.29) is 0 Å². The number of fused-ring (bicyclic) bond motifs is 1. The topological polar surface area (TPSA) is 62.4 Å². The van der Waals surface area contributed by atoms with Crippen molar-refractivity contribution in [2.75, 3.05) is 19.6 Å².